The van der Waals surface area contributed by atoms with E-state index in [2.05, 4.69) is 37.2 Å². The van der Waals surface area contributed by atoms with Gasteiger partial charge in [-0.05, 0) is 79.7 Å². The van der Waals surface area contributed by atoms with Crippen LogP contribution in [-0.4, -0.2) is 37.0 Å². The van der Waals surface area contributed by atoms with Crippen molar-refractivity contribution in [2.45, 2.75) is 32.4 Å². The lowest BCUT2D eigenvalue weighted by Gasteiger charge is -2.28. The topological polar surface area (TPSA) is 75.1 Å². The summed E-state index contributed by atoms with van der Waals surface area (Å²) in [5.74, 6) is -0.0481. The fourth-order valence-electron chi connectivity index (χ4n) is 5.05. The van der Waals surface area contributed by atoms with Crippen molar-refractivity contribution in [3.63, 3.8) is 0 Å². The minimum absolute atomic E-state index is 0.0481. The zero-order valence-corrected chi connectivity index (χ0v) is 23.3. The second-order valence-corrected chi connectivity index (χ2v) is 11.1. The van der Waals surface area contributed by atoms with Gasteiger partial charge in [-0.25, -0.2) is 4.98 Å². The van der Waals surface area contributed by atoms with Gasteiger partial charge in [0.05, 0.1) is 33.7 Å². The molecule has 0 radical (unpaired) electrons. The lowest BCUT2D eigenvalue weighted by molar-refractivity contribution is -0.116. The van der Waals surface area contributed by atoms with E-state index < -0.39 is 0 Å². The highest BCUT2D eigenvalue weighted by Gasteiger charge is 2.41. The smallest absolute Gasteiger partial charge is 0.226 e. The number of thiocarbonyl (C=S) groups is 1. The molecule has 0 bridgehead atoms. The Hall–Kier alpha value is -4.08. The van der Waals surface area contributed by atoms with Gasteiger partial charge < -0.3 is 15.5 Å². The monoisotopic (exact) mass is 552 g/mol. The van der Waals surface area contributed by atoms with Crippen LogP contribution in [0.2, 0.25) is 0 Å². The molecule has 2 atom stereocenters. The summed E-state index contributed by atoms with van der Waals surface area (Å²) in [6, 6.07) is 23.9. The Labute approximate surface area is 236 Å². The van der Waals surface area contributed by atoms with Crippen LogP contribution >= 0.6 is 23.6 Å². The first kappa shape index (κ1) is 25.2. The van der Waals surface area contributed by atoms with E-state index >= 15 is 0 Å². The summed E-state index contributed by atoms with van der Waals surface area (Å²) in [6.45, 7) is 4.48. The molecule has 9 heteroatoms. The van der Waals surface area contributed by atoms with Gasteiger partial charge in [0, 0.05) is 31.0 Å². The number of rotatable bonds is 7. The molecule has 4 heterocycles. The average Bonchev–Trinajstić information content (AvgIpc) is 3.66. The summed E-state index contributed by atoms with van der Waals surface area (Å²) in [7, 11) is 0. The normalized spacial score (nSPS) is 17.0. The molecule has 0 spiro atoms. The third kappa shape index (κ3) is 5.03. The molecule has 39 heavy (non-hydrogen) atoms. The van der Waals surface area contributed by atoms with Crippen LogP contribution in [0.3, 0.4) is 0 Å². The highest BCUT2D eigenvalue weighted by atomic mass is 32.1. The van der Waals surface area contributed by atoms with Gasteiger partial charge in [0.25, 0.3) is 0 Å². The van der Waals surface area contributed by atoms with Crippen LogP contribution in [0.4, 0.5) is 5.69 Å². The summed E-state index contributed by atoms with van der Waals surface area (Å²) < 4.78 is 3.26. The number of hydrogen-bond donors (Lipinski definition) is 2. The van der Waals surface area contributed by atoms with E-state index in [1.807, 2.05) is 80.7 Å². The Morgan fingerprint density at radius 2 is 1.92 bits per heavy atom. The Kier molecular flexibility index (Phi) is 6.85. The molecule has 1 aliphatic heterocycles. The molecule has 7 nitrogen and oxygen atoms in total. The number of carbonyl (C=O) groups excluding carboxylic acids is 1. The molecule has 2 aromatic carbocycles. The number of nitrogens with one attached hydrogen (secondary N) is 2. The predicted molar refractivity (Wildman–Crippen MR) is 160 cm³/mol. The molecule has 3 aromatic heterocycles. The number of aromatic nitrogens is 3. The van der Waals surface area contributed by atoms with Gasteiger partial charge in [-0.15, -0.1) is 0 Å². The lowest BCUT2D eigenvalue weighted by atomic mass is 10.0. The van der Waals surface area contributed by atoms with Crippen molar-refractivity contribution in [3.05, 3.63) is 108 Å². The largest absolute Gasteiger partial charge is 0.352 e. The first-order valence-electron chi connectivity index (χ1n) is 12.9. The number of nitrogens with zero attached hydrogens (tertiary/aromatic N) is 4. The molecule has 5 aromatic rings. The van der Waals surface area contributed by atoms with E-state index in [4.69, 9.17) is 17.2 Å². The number of para-hydroxylation sites is 1. The summed E-state index contributed by atoms with van der Waals surface area (Å²) in [5, 5.41) is 8.06. The molecule has 0 saturated carbocycles. The summed E-state index contributed by atoms with van der Waals surface area (Å²) in [4.78, 5) is 24.7. The standard InChI is InChI=1S/C30H28N6OS2/c1-19-12-13-20(2)23(18-19)32-26(37)14-17-36-28(27(34-29(36)38)22-9-5-6-15-31-22)24-10-7-16-35(24)30-33-21-8-3-4-11-25(21)39-30/h3-13,15-16,18,27-28H,14,17H2,1-2H3,(H,32,37)(H,34,38)/t27-,28-/m1/s1. The summed E-state index contributed by atoms with van der Waals surface area (Å²) in [5.41, 5.74) is 5.88. The predicted octanol–water partition coefficient (Wildman–Crippen LogP) is 6.10. The van der Waals surface area contributed by atoms with E-state index in [0.29, 0.717) is 18.1 Å². The highest BCUT2D eigenvalue weighted by molar-refractivity contribution is 7.80. The number of aryl methyl sites for hydroxylation is 2. The molecule has 1 amide bonds. The molecule has 1 fully saturated rings. The van der Waals surface area contributed by atoms with Crippen LogP contribution in [0.5, 0.6) is 0 Å². The van der Waals surface area contributed by atoms with E-state index in [1.165, 1.54) is 0 Å². The van der Waals surface area contributed by atoms with Crippen LogP contribution in [0.25, 0.3) is 15.3 Å². The first-order chi connectivity index (χ1) is 19.0. The molecule has 2 N–H and O–H groups in total. The molecule has 196 valence electrons. The van der Waals surface area contributed by atoms with Crippen molar-refractivity contribution in [2.24, 2.45) is 0 Å². The van der Waals surface area contributed by atoms with Crippen molar-refractivity contribution in [3.8, 4) is 5.13 Å². The van der Waals surface area contributed by atoms with Gasteiger partial charge in [-0.3, -0.25) is 14.3 Å². The van der Waals surface area contributed by atoms with E-state index in [-0.39, 0.29) is 18.0 Å². The number of anilines is 1. The number of fused-ring (bicyclic) bond motifs is 1. The third-order valence-corrected chi connectivity index (χ3v) is 8.40. The fraction of sp³-hybridized carbons (Fsp3) is 0.200. The van der Waals surface area contributed by atoms with Crippen LogP contribution in [0.1, 0.15) is 41.0 Å². The Morgan fingerprint density at radius 3 is 2.74 bits per heavy atom. The van der Waals surface area contributed by atoms with Crippen LogP contribution in [0, 0.1) is 13.8 Å². The van der Waals surface area contributed by atoms with E-state index in [1.54, 1.807) is 17.5 Å². The maximum absolute atomic E-state index is 13.0. The van der Waals surface area contributed by atoms with E-state index in [9.17, 15) is 4.79 Å². The summed E-state index contributed by atoms with van der Waals surface area (Å²) >= 11 is 7.48. The molecular formula is C30H28N6OS2. The number of hydrogen-bond acceptors (Lipinski definition) is 5. The molecule has 1 aliphatic rings. The minimum atomic E-state index is -0.178. The molecular weight excluding hydrogens is 525 g/mol. The Balaban J connectivity index is 1.31. The van der Waals surface area contributed by atoms with Crippen molar-refractivity contribution in [1.82, 2.24) is 24.8 Å². The SMILES string of the molecule is Cc1ccc(C)c(NC(=O)CCN2C(=S)N[C@H](c3ccccn3)[C@H]2c2cccn2-c2nc3ccccc3s2)c1. The molecule has 0 aliphatic carbocycles. The van der Waals surface area contributed by atoms with Crippen molar-refractivity contribution >= 4 is 50.5 Å². The maximum Gasteiger partial charge on any atom is 0.226 e. The van der Waals surface area contributed by atoms with E-state index in [0.717, 1.165) is 43.6 Å². The van der Waals surface area contributed by atoms with Gasteiger partial charge in [0.2, 0.25) is 5.91 Å². The number of pyridine rings is 1. The highest BCUT2D eigenvalue weighted by Crippen LogP contribution is 2.40. The fourth-order valence-corrected chi connectivity index (χ4v) is 6.35. The maximum atomic E-state index is 13.0. The number of carbonyl (C=O) groups is 1. The zero-order valence-electron chi connectivity index (χ0n) is 21.7. The number of benzene rings is 2. The third-order valence-electron chi connectivity index (χ3n) is 7.02. The van der Waals surface area contributed by atoms with Gasteiger partial charge in [-0.2, -0.15) is 0 Å². The van der Waals surface area contributed by atoms with Gasteiger partial charge in [0.1, 0.15) is 0 Å². The Bertz CT molecular complexity index is 1630. The number of amides is 1. The van der Waals surface area contributed by atoms with Crippen LogP contribution in [-0.2, 0) is 4.79 Å². The van der Waals surface area contributed by atoms with Gasteiger partial charge in [0.15, 0.2) is 10.2 Å². The quantitative estimate of drug-likeness (QED) is 0.238. The molecule has 1 saturated heterocycles. The second kappa shape index (κ2) is 10.6. The van der Waals surface area contributed by atoms with Crippen molar-refractivity contribution in [1.29, 1.82) is 0 Å². The van der Waals surface area contributed by atoms with Gasteiger partial charge in [-0.1, -0.05) is 41.7 Å². The Morgan fingerprint density at radius 1 is 1.08 bits per heavy atom. The minimum Gasteiger partial charge on any atom is -0.352 e. The average molecular weight is 553 g/mol. The molecule has 0 unspecified atom stereocenters. The first-order valence-corrected chi connectivity index (χ1v) is 14.1. The summed E-state index contributed by atoms with van der Waals surface area (Å²) in [6.07, 6.45) is 4.13. The second-order valence-electron chi connectivity index (χ2n) is 9.70. The van der Waals surface area contributed by atoms with Crippen LogP contribution < -0.4 is 10.6 Å². The van der Waals surface area contributed by atoms with Crippen molar-refractivity contribution < 1.29 is 4.79 Å². The molecule has 6 rings (SSSR count). The zero-order chi connectivity index (χ0) is 26.9. The number of thiazole rings is 1. The lowest BCUT2D eigenvalue weighted by Crippen LogP contribution is -2.33. The van der Waals surface area contributed by atoms with Crippen molar-refractivity contribution in [2.75, 3.05) is 11.9 Å². The van der Waals surface area contributed by atoms with Crippen LogP contribution in [0.15, 0.2) is 85.2 Å². The van der Waals surface area contributed by atoms with Gasteiger partial charge >= 0.3 is 0 Å².